The largest absolute Gasteiger partial charge is 0.369 e. The molecule has 114 valence electrons. The molecule has 0 aromatic heterocycles. The van der Waals surface area contributed by atoms with E-state index in [1.54, 1.807) is 6.07 Å². The molecular weight excluding hydrogens is 341 g/mol. The van der Waals surface area contributed by atoms with Crippen LogP contribution in [0.4, 0.5) is 10.1 Å². The van der Waals surface area contributed by atoms with Crippen LogP contribution in [0.5, 0.6) is 0 Å². The van der Waals surface area contributed by atoms with Crippen molar-refractivity contribution < 1.29 is 14.0 Å². The van der Waals surface area contributed by atoms with Gasteiger partial charge in [0.1, 0.15) is 5.82 Å². The maximum Gasteiger partial charge on any atom is 0.253 e. The van der Waals surface area contributed by atoms with Crippen molar-refractivity contribution in [1.82, 2.24) is 5.32 Å². The first-order chi connectivity index (χ1) is 9.88. The predicted molar refractivity (Wildman–Crippen MR) is 81.7 cm³/mol. The Morgan fingerprint density at radius 2 is 2.19 bits per heavy atom. The van der Waals surface area contributed by atoms with Gasteiger partial charge in [-0.05, 0) is 25.0 Å². The Kier molecular flexibility index (Phi) is 4.82. The lowest BCUT2D eigenvalue weighted by atomic mass is 10.0. The van der Waals surface area contributed by atoms with Crippen LogP contribution >= 0.6 is 15.9 Å². The average molecular weight is 358 g/mol. The Morgan fingerprint density at radius 1 is 1.48 bits per heavy atom. The second-order valence-electron chi connectivity index (χ2n) is 5.13. The average Bonchev–Trinajstić information content (AvgIpc) is 2.36. The van der Waals surface area contributed by atoms with Crippen molar-refractivity contribution in [3.8, 4) is 0 Å². The van der Waals surface area contributed by atoms with Gasteiger partial charge in [-0.15, -0.1) is 0 Å². The lowest BCUT2D eigenvalue weighted by Crippen LogP contribution is -2.47. The van der Waals surface area contributed by atoms with Gasteiger partial charge in [0.25, 0.3) is 5.91 Å². The first kappa shape index (κ1) is 15.8. The fraction of sp³-hybridized carbons (Fsp3) is 0.429. The highest BCUT2D eigenvalue weighted by atomic mass is 79.9. The van der Waals surface area contributed by atoms with E-state index in [-0.39, 0.29) is 17.5 Å². The minimum atomic E-state index is -0.795. The van der Waals surface area contributed by atoms with E-state index in [1.807, 2.05) is 4.90 Å². The van der Waals surface area contributed by atoms with Crippen LogP contribution in [0.25, 0.3) is 0 Å². The third-order valence-corrected chi connectivity index (χ3v) is 3.91. The number of rotatable bonds is 3. The summed E-state index contributed by atoms with van der Waals surface area (Å²) < 4.78 is 14.5. The van der Waals surface area contributed by atoms with Crippen LogP contribution in [0.15, 0.2) is 16.6 Å². The summed E-state index contributed by atoms with van der Waals surface area (Å²) in [6, 6.07) is 2.89. The van der Waals surface area contributed by atoms with Crippen molar-refractivity contribution in [2.75, 3.05) is 18.0 Å². The van der Waals surface area contributed by atoms with E-state index < -0.39 is 11.7 Å². The highest BCUT2D eigenvalue weighted by molar-refractivity contribution is 9.10. The summed E-state index contributed by atoms with van der Waals surface area (Å²) in [5.74, 6) is -1.54. The van der Waals surface area contributed by atoms with Crippen LogP contribution in [0, 0.1) is 5.82 Å². The SMILES string of the molecule is CC(=O)NC1CCCN(c2cc(Br)cc(F)c2C(N)=O)C1. The third-order valence-electron chi connectivity index (χ3n) is 3.45. The van der Waals surface area contributed by atoms with Crippen molar-refractivity contribution in [3.63, 3.8) is 0 Å². The molecule has 0 radical (unpaired) electrons. The van der Waals surface area contributed by atoms with Crippen LogP contribution in [-0.4, -0.2) is 30.9 Å². The zero-order chi connectivity index (χ0) is 15.6. The number of hydrogen-bond donors (Lipinski definition) is 2. The highest BCUT2D eigenvalue weighted by Gasteiger charge is 2.25. The van der Waals surface area contributed by atoms with Crippen LogP contribution < -0.4 is 16.0 Å². The van der Waals surface area contributed by atoms with Gasteiger partial charge in [0.15, 0.2) is 0 Å². The van der Waals surface area contributed by atoms with Gasteiger partial charge in [-0.25, -0.2) is 4.39 Å². The van der Waals surface area contributed by atoms with Gasteiger partial charge in [0.05, 0.1) is 11.3 Å². The minimum Gasteiger partial charge on any atom is -0.369 e. The number of carbonyl (C=O) groups excluding carboxylic acids is 2. The first-order valence-electron chi connectivity index (χ1n) is 6.69. The summed E-state index contributed by atoms with van der Waals surface area (Å²) in [5.41, 5.74) is 5.65. The Balaban J connectivity index is 2.32. The summed E-state index contributed by atoms with van der Waals surface area (Å²) in [6.07, 6.45) is 1.70. The van der Waals surface area contributed by atoms with Gasteiger partial charge in [-0.1, -0.05) is 15.9 Å². The summed E-state index contributed by atoms with van der Waals surface area (Å²) in [4.78, 5) is 24.6. The van der Waals surface area contributed by atoms with Crippen molar-refractivity contribution in [2.45, 2.75) is 25.8 Å². The van der Waals surface area contributed by atoms with Crippen LogP contribution in [-0.2, 0) is 4.79 Å². The van der Waals surface area contributed by atoms with Gasteiger partial charge in [0.2, 0.25) is 5.91 Å². The summed E-state index contributed by atoms with van der Waals surface area (Å²) in [7, 11) is 0. The lowest BCUT2D eigenvalue weighted by molar-refractivity contribution is -0.119. The third kappa shape index (κ3) is 3.72. The Labute approximate surface area is 130 Å². The molecular formula is C14H17BrFN3O2. The number of benzene rings is 1. The van der Waals surface area contributed by atoms with E-state index in [0.717, 1.165) is 12.8 Å². The number of primary amides is 1. The molecule has 1 atom stereocenters. The second kappa shape index (κ2) is 6.43. The number of nitrogens with one attached hydrogen (secondary N) is 1. The minimum absolute atomic E-state index is 0.0148. The summed E-state index contributed by atoms with van der Waals surface area (Å²) in [5, 5.41) is 2.86. The molecule has 1 saturated heterocycles. The van der Waals surface area contributed by atoms with E-state index in [4.69, 9.17) is 5.73 Å². The molecule has 0 saturated carbocycles. The molecule has 1 aliphatic rings. The monoisotopic (exact) mass is 357 g/mol. The van der Waals surface area contributed by atoms with Gasteiger partial charge in [0, 0.05) is 30.5 Å². The molecule has 5 nitrogen and oxygen atoms in total. The van der Waals surface area contributed by atoms with Crippen LogP contribution in [0.2, 0.25) is 0 Å². The van der Waals surface area contributed by atoms with E-state index in [1.165, 1.54) is 13.0 Å². The van der Waals surface area contributed by atoms with Gasteiger partial charge < -0.3 is 16.0 Å². The zero-order valence-electron chi connectivity index (χ0n) is 11.7. The molecule has 3 N–H and O–H groups in total. The number of carbonyl (C=O) groups is 2. The second-order valence-corrected chi connectivity index (χ2v) is 6.05. The van der Waals surface area contributed by atoms with Crippen LogP contribution in [0.3, 0.4) is 0 Å². The zero-order valence-corrected chi connectivity index (χ0v) is 13.2. The van der Waals surface area contributed by atoms with Crippen molar-refractivity contribution in [3.05, 3.63) is 28.0 Å². The Morgan fingerprint density at radius 3 is 2.81 bits per heavy atom. The number of nitrogens with zero attached hydrogens (tertiary/aromatic N) is 1. The van der Waals surface area contributed by atoms with E-state index in [9.17, 15) is 14.0 Å². The number of nitrogens with two attached hydrogens (primary N) is 1. The predicted octanol–water partition coefficient (Wildman–Crippen LogP) is 1.79. The molecule has 1 aliphatic heterocycles. The molecule has 0 bridgehead atoms. The molecule has 1 fully saturated rings. The molecule has 0 spiro atoms. The number of halogens is 2. The van der Waals surface area contributed by atoms with Crippen LogP contribution in [0.1, 0.15) is 30.1 Å². The number of hydrogen-bond acceptors (Lipinski definition) is 3. The molecule has 7 heteroatoms. The maximum atomic E-state index is 14.0. The number of anilines is 1. The molecule has 0 aliphatic carbocycles. The molecule has 1 heterocycles. The first-order valence-corrected chi connectivity index (χ1v) is 7.48. The molecule has 1 aromatic carbocycles. The van der Waals surface area contributed by atoms with Crippen molar-refractivity contribution in [1.29, 1.82) is 0 Å². The topological polar surface area (TPSA) is 75.4 Å². The summed E-state index contributed by atoms with van der Waals surface area (Å²) >= 11 is 3.23. The quantitative estimate of drug-likeness (QED) is 0.865. The summed E-state index contributed by atoms with van der Waals surface area (Å²) in [6.45, 7) is 2.68. The van der Waals surface area contributed by atoms with Crippen molar-refractivity contribution in [2.24, 2.45) is 5.73 Å². The van der Waals surface area contributed by atoms with Gasteiger partial charge in [-0.3, -0.25) is 9.59 Å². The maximum absolute atomic E-state index is 14.0. The van der Waals surface area contributed by atoms with E-state index >= 15 is 0 Å². The number of piperidine rings is 1. The fourth-order valence-corrected chi connectivity index (χ4v) is 3.07. The Hall–Kier alpha value is -1.63. The van der Waals surface area contributed by atoms with Gasteiger partial charge in [-0.2, -0.15) is 0 Å². The van der Waals surface area contributed by atoms with E-state index in [2.05, 4.69) is 21.2 Å². The highest BCUT2D eigenvalue weighted by Crippen LogP contribution is 2.30. The molecule has 1 aromatic rings. The lowest BCUT2D eigenvalue weighted by Gasteiger charge is -2.35. The Bertz CT molecular complexity index is 580. The molecule has 2 rings (SSSR count). The fourth-order valence-electron chi connectivity index (χ4n) is 2.65. The van der Waals surface area contributed by atoms with Crippen molar-refractivity contribution >= 4 is 33.4 Å². The van der Waals surface area contributed by atoms with Gasteiger partial charge >= 0.3 is 0 Å². The standard InChI is InChI=1S/C14H17BrFN3O2/c1-8(20)18-10-3-2-4-19(7-10)12-6-9(15)5-11(16)13(12)14(17)21/h5-6,10H,2-4,7H2,1H3,(H2,17,21)(H,18,20). The van der Waals surface area contributed by atoms with E-state index in [0.29, 0.717) is 23.2 Å². The molecule has 2 amide bonds. The smallest absolute Gasteiger partial charge is 0.253 e. The molecule has 1 unspecified atom stereocenters. The normalized spacial score (nSPS) is 18.4. The number of amides is 2. The molecule has 21 heavy (non-hydrogen) atoms.